The number of aromatic nitrogens is 1. The van der Waals surface area contributed by atoms with Crippen LogP contribution in [0.5, 0.6) is 5.75 Å². The second kappa shape index (κ2) is 6.80. The zero-order chi connectivity index (χ0) is 13.0. The molecule has 0 spiro atoms. The second-order valence-electron chi connectivity index (χ2n) is 3.88. The molecule has 100 valence electrons. The van der Waals surface area contributed by atoms with Crippen LogP contribution in [0.1, 0.15) is 0 Å². The van der Waals surface area contributed by atoms with E-state index in [1.807, 2.05) is 0 Å². The van der Waals surface area contributed by atoms with Crippen molar-refractivity contribution in [3.05, 3.63) is 24.5 Å². The minimum absolute atomic E-state index is 0. The third-order valence-electron chi connectivity index (χ3n) is 1.97. The summed E-state index contributed by atoms with van der Waals surface area (Å²) in [5.74, 6) is 0.395. The number of carbonyl (C=O) groups excluding carboxylic acids is 2. The third-order valence-corrected chi connectivity index (χ3v) is 1.97. The summed E-state index contributed by atoms with van der Waals surface area (Å²) >= 11 is 0. The molecule has 7 heteroatoms. The lowest BCUT2D eigenvalue weighted by Crippen LogP contribution is -3.00. The van der Waals surface area contributed by atoms with Crippen LogP contribution in [0.3, 0.4) is 0 Å². The monoisotopic (exact) mass is 273 g/mol. The summed E-state index contributed by atoms with van der Waals surface area (Å²) in [5, 5.41) is 0. The first-order valence-electron chi connectivity index (χ1n) is 5.04. The van der Waals surface area contributed by atoms with Crippen molar-refractivity contribution >= 4 is 12.1 Å². The Hall–Kier alpha value is -1.82. The predicted molar refractivity (Wildman–Crippen MR) is 60.8 cm³/mol. The van der Waals surface area contributed by atoms with Gasteiger partial charge in [0.25, 0.3) is 0 Å². The maximum absolute atomic E-state index is 11.6. The highest BCUT2D eigenvalue weighted by atomic mass is 35.5. The van der Waals surface area contributed by atoms with Crippen molar-refractivity contribution in [3.63, 3.8) is 0 Å². The highest BCUT2D eigenvalue weighted by molar-refractivity contribution is 5.69. The second-order valence-corrected chi connectivity index (χ2v) is 3.88. The van der Waals surface area contributed by atoms with Gasteiger partial charge in [-0.25, -0.2) is 9.69 Å². The van der Waals surface area contributed by atoms with Crippen molar-refractivity contribution in [1.82, 2.24) is 9.80 Å². The van der Waals surface area contributed by atoms with Crippen LogP contribution in [0.25, 0.3) is 0 Å². The van der Waals surface area contributed by atoms with Gasteiger partial charge in [-0.1, -0.05) is 0 Å². The third kappa shape index (κ3) is 4.21. The molecule has 1 aromatic heterocycles. The van der Waals surface area contributed by atoms with Gasteiger partial charge in [-0.05, 0) is 0 Å². The first-order valence-corrected chi connectivity index (χ1v) is 5.04. The van der Waals surface area contributed by atoms with E-state index in [9.17, 15) is 9.59 Å². The van der Waals surface area contributed by atoms with Gasteiger partial charge in [-0.15, -0.1) is 0 Å². The molecule has 0 aliphatic heterocycles. The highest BCUT2D eigenvalue weighted by Crippen LogP contribution is 2.07. The lowest BCUT2D eigenvalue weighted by molar-refractivity contribution is -0.577. The Labute approximate surface area is 112 Å². The van der Waals surface area contributed by atoms with Gasteiger partial charge < -0.3 is 22.0 Å². The van der Waals surface area contributed by atoms with Crippen molar-refractivity contribution in [3.8, 4) is 5.75 Å². The molecule has 2 amide bonds. The number of hydrogen-bond donors (Lipinski definition) is 0. The summed E-state index contributed by atoms with van der Waals surface area (Å²) in [5.41, 5.74) is 0. The highest BCUT2D eigenvalue weighted by Gasteiger charge is 2.15. The van der Waals surface area contributed by atoms with Crippen molar-refractivity contribution in [2.75, 3.05) is 28.2 Å². The van der Waals surface area contributed by atoms with E-state index in [-0.39, 0.29) is 18.4 Å². The molecule has 1 rings (SSSR count). The van der Waals surface area contributed by atoms with Crippen LogP contribution >= 0.6 is 0 Å². The Morgan fingerprint density at radius 3 is 1.94 bits per heavy atom. The molecule has 0 bridgehead atoms. The molecule has 0 atom stereocenters. The molecule has 0 fully saturated rings. The molecule has 6 nitrogen and oxygen atoms in total. The summed E-state index contributed by atoms with van der Waals surface area (Å²) in [6, 6.07) is 2.95. The van der Waals surface area contributed by atoms with Crippen LogP contribution < -0.4 is 21.7 Å². The van der Waals surface area contributed by atoms with Crippen molar-refractivity contribution in [2.24, 2.45) is 0 Å². The first kappa shape index (κ1) is 16.2. The molecule has 1 aromatic rings. The predicted octanol–water partition coefficient (Wildman–Crippen LogP) is -2.43. The maximum atomic E-state index is 11.6. The number of ether oxygens (including phenoxy) is 1. The Morgan fingerprint density at radius 2 is 1.56 bits per heavy atom. The van der Waals surface area contributed by atoms with Gasteiger partial charge in [0.2, 0.25) is 0 Å². The van der Waals surface area contributed by atoms with Gasteiger partial charge in [-0.3, -0.25) is 0 Å². The lowest BCUT2D eigenvalue weighted by atomic mass is 10.4. The normalized spacial score (nSPS) is 9.11. The Balaban J connectivity index is 0.00000289. The minimum Gasteiger partial charge on any atom is -1.00 e. The van der Waals surface area contributed by atoms with Crippen LogP contribution in [-0.2, 0) is 0 Å². The molecule has 0 N–H and O–H groups in total. The summed E-state index contributed by atoms with van der Waals surface area (Å²) in [6.45, 7) is 0. The number of carbonyl (C=O) groups is 2. The number of amides is 2. The summed E-state index contributed by atoms with van der Waals surface area (Å²) in [6.07, 6.45) is 2.63. The van der Waals surface area contributed by atoms with E-state index in [0.29, 0.717) is 5.75 Å². The summed E-state index contributed by atoms with van der Waals surface area (Å²) in [4.78, 5) is 25.6. The molecule has 0 unspecified atom stereocenters. The van der Waals surface area contributed by atoms with Gasteiger partial charge in [0, 0.05) is 26.2 Å². The fourth-order valence-electron chi connectivity index (χ4n) is 1.03. The number of halogens is 1. The van der Waals surface area contributed by atoms with E-state index in [1.165, 1.54) is 14.4 Å². The van der Waals surface area contributed by atoms with Gasteiger partial charge in [-0.2, -0.15) is 9.36 Å². The minimum atomic E-state index is -0.457. The molecule has 0 aliphatic carbocycles. The zero-order valence-electron chi connectivity index (χ0n) is 10.8. The first-order chi connectivity index (χ1) is 7.91. The van der Waals surface area contributed by atoms with E-state index in [4.69, 9.17) is 4.74 Å². The summed E-state index contributed by atoms with van der Waals surface area (Å²) < 4.78 is 6.42. The molecule has 0 saturated heterocycles. The number of nitrogens with zero attached hydrogens (tertiary/aromatic N) is 3. The molecule has 0 radical (unpaired) electrons. The maximum Gasteiger partial charge on any atom is 0.497 e. The topological polar surface area (TPSA) is 53.7 Å². The van der Waals surface area contributed by atoms with Crippen LogP contribution in [0.4, 0.5) is 9.59 Å². The van der Waals surface area contributed by atoms with E-state index < -0.39 is 6.09 Å². The molecule has 0 saturated carbocycles. The van der Waals surface area contributed by atoms with Crippen molar-refractivity contribution in [1.29, 1.82) is 0 Å². The standard InChI is InChI=1S/C11H16N3O3.ClH/c1-12(2)10(15)14-7-5-9(6-8-14)17-11(16)13(3)4;/h5-8H,1-4H3;1H/q+1;/p-1. The Bertz CT molecular complexity index is 418. The SMILES string of the molecule is CN(C)C(=O)Oc1cc[n+](C(=O)N(C)C)cc1.[Cl-]. The molecule has 0 aliphatic rings. The molecule has 0 aromatic carbocycles. The van der Waals surface area contributed by atoms with Crippen LogP contribution in [-0.4, -0.2) is 50.1 Å². The molecular weight excluding hydrogens is 258 g/mol. The fourth-order valence-corrected chi connectivity index (χ4v) is 1.03. The van der Waals surface area contributed by atoms with E-state index >= 15 is 0 Å². The van der Waals surface area contributed by atoms with Crippen molar-refractivity contribution in [2.45, 2.75) is 0 Å². The van der Waals surface area contributed by atoms with E-state index in [1.54, 1.807) is 52.7 Å². The van der Waals surface area contributed by atoms with Crippen LogP contribution in [0.2, 0.25) is 0 Å². The van der Waals surface area contributed by atoms with Crippen LogP contribution in [0.15, 0.2) is 24.5 Å². The fraction of sp³-hybridized carbons (Fsp3) is 0.364. The average Bonchev–Trinajstić information content (AvgIpc) is 2.28. The molecular formula is C11H16ClN3O3. The zero-order valence-corrected chi connectivity index (χ0v) is 11.5. The summed E-state index contributed by atoms with van der Waals surface area (Å²) in [7, 11) is 6.52. The molecule has 18 heavy (non-hydrogen) atoms. The average molecular weight is 274 g/mol. The number of rotatable bonds is 1. The largest absolute Gasteiger partial charge is 1.00 e. The van der Waals surface area contributed by atoms with Gasteiger partial charge in [0.05, 0.1) is 14.1 Å². The van der Waals surface area contributed by atoms with Crippen LogP contribution in [0, 0.1) is 0 Å². The van der Waals surface area contributed by atoms with E-state index in [2.05, 4.69) is 0 Å². The van der Waals surface area contributed by atoms with Gasteiger partial charge >= 0.3 is 12.1 Å². The van der Waals surface area contributed by atoms with E-state index in [0.717, 1.165) is 0 Å². The smallest absolute Gasteiger partial charge is 0.497 e. The Kier molecular flexibility index (Phi) is 6.12. The van der Waals surface area contributed by atoms with Gasteiger partial charge in [0.1, 0.15) is 18.1 Å². The number of hydrogen-bond acceptors (Lipinski definition) is 3. The Morgan fingerprint density at radius 1 is 1.06 bits per heavy atom. The lowest BCUT2D eigenvalue weighted by Gasteiger charge is -2.10. The quantitative estimate of drug-likeness (QED) is 0.535. The van der Waals surface area contributed by atoms with Gasteiger partial charge in [0.15, 0.2) is 0 Å². The molecule has 1 heterocycles. The number of pyridine rings is 1. The van der Waals surface area contributed by atoms with Crippen molar-refractivity contribution < 1.29 is 31.3 Å².